The fourth-order valence-corrected chi connectivity index (χ4v) is 1.99. The number of aryl methyl sites for hydroxylation is 1. The molecule has 80 valence electrons. The van der Waals surface area contributed by atoms with Gasteiger partial charge in [0.25, 0.3) is 0 Å². The van der Waals surface area contributed by atoms with Crippen molar-refractivity contribution in [3.05, 3.63) is 11.2 Å². The highest BCUT2D eigenvalue weighted by Crippen LogP contribution is 2.22. The number of rotatable bonds is 3. The third-order valence-corrected chi connectivity index (χ3v) is 2.81. The van der Waals surface area contributed by atoms with Crippen LogP contribution in [-0.4, -0.2) is 19.7 Å². The van der Waals surface area contributed by atoms with Gasteiger partial charge in [0, 0.05) is 11.9 Å². The summed E-state index contributed by atoms with van der Waals surface area (Å²) in [5.74, 6) is 1.72. The minimum absolute atomic E-state index is 0.564. The number of anilines is 1. The highest BCUT2D eigenvalue weighted by Gasteiger charge is 2.12. The second kappa shape index (κ2) is 3.98. The Bertz CT molecular complexity index is 459. The number of aromatic nitrogens is 4. The molecule has 2 heterocycles. The first-order valence-electron chi connectivity index (χ1n) is 4.83. The third kappa shape index (κ3) is 1.85. The van der Waals surface area contributed by atoms with Crippen molar-refractivity contribution in [3.8, 4) is 11.5 Å². The van der Waals surface area contributed by atoms with Crippen LogP contribution in [0.3, 0.4) is 0 Å². The van der Waals surface area contributed by atoms with E-state index in [4.69, 9.17) is 5.73 Å². The lowest BCUT2D eigenvalue weighted by Gasteiger charge is -2.04. The molecule has 0 aliphatic rings. The van der Waals surface area contributed by atoms with Gasteiger partial charge < -0.3 is 10.3 Å². The maximum atomic E-state index is 5.60. The lowest BCUT2D eigenvalue weighted by Crippen LogP contribution is -2.02. The SMILES string of the molecule is CCCn1c(C)nnc1-c1csc(N)n1. The standard InChI is InChI=1S/C9H13N5S/c1-3-4-14-6(2)12-13-8(14)7-5-15-9(10)11-7/h5H,3-4H2,1-2H3,(H2,10,11). The predicted molar refractivity (Wildman–Crippen MR) is 60.6 cm³/mol. The van der Waals surface area contributed by atoms with Gasteiger partial charge in [0.1, 0.15) is 11.5 Å². The maximum absolute atomic E-state index is 5.60. The van der Waals surface area contributed by atoms with Gasteiger partial charge in [-0.15, -0.1) is 21.5 Å². The largest absolute Gasteiger partial charge is 0.375 e. The predicted octanol–water partition coefficient (Wildman–Crippen LogP) is 1.70. The summed E-state index contributed by atoms with van der Waals surface area (Å²) >= 11 is 1.42. The smallest absolute Gasteiger partial charge is 0.183 e. The second-order valence-corrected chi connectivity index (χ2v) is 4.18. The third-order valence-electron chi connectivity index (χ3n) is 2.13. The Balaban J connectivity index is 2.43. The monoisotopic (exact) mass is 223 g/mol. The van der Waals surface area contributed by atoms with Crippen LogP contribution in [0.1, 0.15) is 19.2 Å². The average molecular weight is 223 g/mol. The van der Waals surface area contributed by atoms with Crippen LogP contribution in [0.15, 0.2) is 5.38 Å². The number of hydrogen-bond acceptors (Lipinski definition) is 5. The van der Waals surface area contributed by atoms with Crippen molar-refractivity contribution in [1.82, 2.24) is 19.7 Å². The van der Waals surface area contributed by atoms with Gasteiger partial charge in [-0.2, -0.15) is 0 Å². The fraction of sp³-hybridized carbons (Fsp3) is 0.444. The summed E-state index contributed by atoms with van der Waals surface area (Å²) in [5.41, 5.74) is 6.41. The van der Waals surface area contributed by atoms with Gasteiger partial charge in [-0.3, -0.25) is 0 Å². The summed E-state index contributed by atoms with van der Waals surface area (Å²) in [6.07, 6.45) is 1.05. The van der Waals surface area contributed by atoms with Gasteiger partial charge in [0.05, 0.1) is 0 Å². The van der Waals surface area contributed by atoms with Crippen LogP contribution >= 0.6 is 11.3 Å². The van der Waals surface area contributed by atoms with E-state index in [2.05, 4.69) is 26.7 Å². The van der Waals surface area contributed by atoms with Crippen LogP contribution < -0.4 is 5.73 Å². The van der Waals surface area contributed by atoms with Crippen molar-refractivity contribution >= 4 is 16.5 Å². The summed E-state index contributed by atoms with van der Waals surface area (Å²) in [6.45, 7) is 4.98. The van der Waals surface area contributed by atoms with Crippen molar-refractivity contribution in [1.29, 1.82) is 0 Å². The maximum Gasteiger partial charge on any atom is 0.183 e. The van der Waals surface area contributed by atoms with Crippen molar-refractivity contribution in [2.75, 3.05) is 5.73 Å². The zero-order valence-corrected chi connectivity index (χ0v) is 9.58. The van der Waals surface area contributed by atoms with Gasteiger partial charge in [-0.1, -0.05) is 6.92 Å². The lowest BCUT2D eigenvalue weighted by molar-refractivity contribution is 0.662. The van der Waals surface area contributed by atoms with E-state index >= 15 is 0 Å². The van der Waals surface area contributed by atoms with E-state index in [1.165, 1.54) is 11.3 Å². The van der Waals surface area contributed by atoms with Gasteiger partial charge in [0.2, 0.25) is 0 Å². The number of nitrogen functional groups attached to an aromatic ring is 1. The van der Waals surface area contributed by atoms with E-state index in [-0.39, 0.29) is 0 Å². The molecule has 0 aliphatic carbocycles. The summed E-state index contributed by atoms with van der Waals surface area (Å²) < 4.78 is 2.06. The van der Waals surface area contributed by atoms with Crippen LogP contribution in [0.5, 0.6) is 0 Å². The van der Waals surface area contributed by atoms with Crippen LogP contribution in [-0.2, 0) is 6.54 Å². The molecule has 0 radical (unpaired) electrons. The van der Waals surface area contributed by atoms with Crippen LogP contribution in [0.4, 0.5) is 5.13 Å². The first-order chi connectivity index (χ1) is 7.22. The first kappa shape index (κ1) is 10.1. The molecule has 0 aliphatic heterocycles. The fourth-order valence-electron chi connectivity index (χ4n) is 1.45. The topological polar surface area (TPSA) is 69.6 Å². The minimum atomic E-state index is 0.564. The van der Waals surface area contributed by atoms with Crippen molar-refractivity contribution < 1.29 is 0 Å². The minimum Gasteiger partial charge on any atom is -0.375 e. The van der Waals surface area contributed by atoms with Crippen LogP contribution in [0, 0.1) is 6.92 Å². The Hall–Kier alpha value is -1.43. The lowest BCUT2D eigenvalue weighted by atomic mass is 10.4. The van der Waals surface area contributed by atoms with Crippen LogP contribution in [0.25, 0.3) is 11.5 Å². The van der Waals surface area contributed by atoms with Crippen molar-refractivity contribution in [2.45, 2.75) is 26.8 Å². The molecule has 2 N–H and O–H groups in total. The van der Waals surface area contributed by atoms with Crippen molar-refractivity contribution in [2.24, 2.45) is 0 Å². The molecule has 0 fully saturated rings. The number of thiazole rings is 1. The molecule has 5 nitrogen and oxygen atoms in total. The molecule has 0 saturated carbocycles. The molecular weight excluding hydrogens is 210 g/mol. The number of nitrogens with two attached hydrogens (primary N) is 1. The van der Waals surface area contributed by atoms with E-state index in [0.717, 1.165) is 30.3 Å². The number of hydrogen-bond donors (Lipinski definition) is 1. The average Bonchev–Trinajstić information content (AvgIpc) is 2.76. The highest BCUT2D eigenvalue weighted by atomic mass is 32.1. The molecule has 0 unspecified atom stereocenters. The molecule has 0 saturated heterocycles. The quantitative estimate of drug-likeness (QED) is 0.859. The summed E-state index contributed by atoms with van der Waals surface area (Å²) in [4.78, 5) is 4.21. The van der Waals surface area contributed by atoms with E-state index in [1.807, 2.05) is 12.3 Å². The summed E-state index contributed by atoms with van der Waals surface area (Å²) in [6, 6.07) is 0. The van der Waals surface area contributed by atoms with Gasteiger partial charge in [-0.25, -0.2) is 4.98 Å². The molecule has 6 heteroatoms. The molecule has 2 rings (SSSR count). The van der Waals surface area contributed by atoms with Crippen molar-refractivity contribution in [3.63, 3.8) is 0 Å². The molecule has 0 amide bonds. The number of nitrogens with zero attached hydrogens (tertiary/aromatic N) is 4. The molecule has 0 spiro atoms. The molecule has 0 bridgehead atoms. The van der Waals surface area contributed by atoms with Gasteiger partial charge in [0.15, 0.2) is 11.0 Å². The van der Waals surface area contributed by atoms with E-state index in [9.17, 15) is 0 Å². The molecule has 2 aromatic rings. The van der Waals surface area contributed by atoms with Gasteiger partial charge in [-0.05, 0) is 13.3 Å². The Labute approximate surface area is 92.0 Å². The summed E-state index contributed by atoms with van der Waals surface area (Å²) in [5, 5.41) is 10.6. The van der Waals surface area contributed by atoms with E-state index < -0.39 is 0 Å². The highest BCUT2D eigenvalue weighted by molar-refractivity contribution is 7.13. The zero-order chi connectivity index (χ0) is 10.8. The van der Waals surface area contributed by atoms with E-state index in [1.54, 1.807) is 0 Å². The van der Waals surface area contributed by atoms with E-state index in [0.29, 0.717) is 5.13 Å². The zero-order valence-electron chi connectivity index (χ0n) is 8.77. The van der Waals surface area contributed by atoms with Crippen LogP contribution in [0.2, 0.25) is 0 Å². The Morgan fingerprint density at radius 3 is 2.87 bits per heavy atom. The molecule has 2 aromatic heterocycles. The Morgan fingerprint density at radius 2 is 2.27 bits per heavy atom. The Morgan fingerprint density at radius 1 is 1.47 bits per heavy atom. The molecule has 0 aromatic carbocycles. The first-order valence-corrected chi connectivity index (χ1v) is 5.71. The summed E-state index contributed by atoms with van der Waals surface area (Å²) in [7, 11) is 0. The molecular formula is C9H13N5S. The van der Waals surface area contributed by atoms with Gasteiger partial charge >= 0.3 is 0 Å². The second-order valence-electron chi connectivity index (χ2n) is 3.29. The molecule has 0 atom stereocenters. The normalized spacial score (nSPS) is 10.8. The molecule has 15 heavy (non-hydrogen) atoms. The Kier molecular flexibility index (Phi) is 2.68.